The van der Waals surface area contributed by atoms with Crippen molar-refractivity contribution in [1.29, 1.82) is 0 Å². The molecule has 0 aliphatic heterocycles. The summed E-state index contributed by atoms with van der Waals surface area (Å²) in [6, 6.07) is 0. The van der Waals surface area contributed by atoms with Crippen molar-refractivity contribution in [3.05, 3.63) is 0 Å². The van der Waals surface area contributed by atoms with Gasteiger partial charge in [0.1, 0.15) is 0 Å². The van der Waals surface area contributed by atoms with Crippen LogP contribution in [0.25, 0.3) is 0 Å². The van der Waals surface area contributed by atoms with E-state index in [1.807, 2.05) is 0 Å². The monoisotopic (exact) mass is 212 g/mol. The standard InChI is InChI=1S/C13H28N2/c1-4-13(5-2,6-3)15-11-12(10-14)8-7-9-12/h15H,4-11,14H2,1-3H3. The highest BCUT2D eigenvalue weighted by molar-refractivity contribution is 4.94. The topological polar surface area (TPSA) is 38.0 Å². The summed E-state index contributed by atoms with van der Waals surface area (Å²) in [5.41, 5.74) is 6.68. The van der Waals surface area contributed by atoms with Crippen LogP contribution in [0.2, 0.25) is 0 Å². The van der Waals surface area contributed by atoms with Crippen LogP contribution in [0.4, 0.5) is 0 Å². The molecule has 1 aliphatic rings. The Labute approximate surface area is 95.0 Å². The first-order chi connectivity index (χ1) is 7.16. The average molecular weight is 212 g/mol. The molecule has 1 saturated carbocycles. The van der Waals surface area contributed by atoms with Crippen LogP contribution in [0.1, 0.15) is 59.3 Å². The Morgan fingerprint density at radius 2 is 1.67 bits per heavy atom. The zero-order valence-electron chi connectivity index (χ0n) is 10.7. The minimum Gasteiger partial charge on any atom is -0.330 e. The number of hydrogen-bond acceptors (Lipinski definition) is 2. The smallest absolute Gasteiger partial charge is 0.0173 e. The van der Waals surface area contributed by atoms with Gasteiger partial charge in [0.25, 0.3) is 0 Å². The van der Waals surface area contributed by atoms with Crippen LogP contribution in [0.5, 0.6) is 0 Å². The summed E-state index contributed by atoms with van der Waals surface area (Å²) in [6.45, 7) is 8.84. The maximum Gasteiger partial charge on any atom is 0.0173 e. The second kappa shape index (κ2) is 5.31. The predicted molar refractivity (Wildman–Crippen MR) is 66.9 cm³/mol. The third-order valence-electron chi connectivity index (χ3n) is 4.72. The molecule has 1 rings (SSSR count). The number of rotatable bonds is 7. The minimum atomic E-state index is 0.359. The molecule has 0 aromatic carbocycles. The van der Waals surface area contributed by atoms with E-state index in [0.29, 0.717) is 11.0 Å². The molecule has 0 amide bonds. The maximum absolute atomic E-state index is 5.88. The molecule has 0 radical (unpaired) electrons. The first-order valence-corrected chi connectivity index (χ1v) is 6.61. The second-order valence-corrected chi connectivity index (χ2v) is 5.25. The maximum atomic E-state index is 5.88. The molecule has 0 unspecified atom stereocenters. The molecule has 15 heavy (non-hydrogen) atoms. The van der Waals surface area contributed by atoms with Crippen LogP contribution in [0.3, 0.4) is 0 Å². The van der Waals surface area contributed by atoms with Gasteiger partial charge < -0.3 is 11.1 Å². The summed E-state index contributed by atoms with van der Waals surface area (Å²) in [5.74, 6) is 0. The summed E-state index contributed by atoms with van der Waals surface area (Å²) in [5, 5.41) is 3.80. The summed E-state index contributed by atoms with van der Waals surface area (Å²) in [6.07, 6.45) is 7.69. The van der Waals surface area contributed by atoms with E-state index in [-0.39, 0.29) is 0 Å². The SMILES string of the molecule is CCC(CC)(CC)NCC1(CN)CCC1. The molecular weight excluding hydrogens is 184 g/mol. The lowest BCUT2D eigenvalue weighted by Crippen LogP contribution is -2.53. The van der Waals surface area contributed by atoms with Crippen LogP contribution in [-0.4, -0.2) is 18.6 Å². The number of nitrogens with one attached hydrogen (secondary N) is 1. The molecule has 3 N–H and O–H groups in total. The fraction of sp³-hybridized carbons (Fsp3) is 1.00. The van der Waals surface area contributed by atoms with Gasteiger partial charge in [-0.1, -0.05) is 27.2 Å². The van der Waals surface area contributed by atoms with E-state index in [1.54, 1.807) is 0 Å². The summed E-state index contributed by atoms with van der Waals surface area (Å²) in [4.78, 5) is 0. The Kier molecular flexibility index (Phi) is 4.60. The summed E-state index contributed by atoms with van der Waals surface area (Å²) < 4.78 is 0. The van der Waals surface area contributed by atoms with Gasteiger partial charge in [-0.25, -0.2) is 0 Å². The van der Waals surface area contributed by atoms with Crippen LogP contribution >= 0.6 is 0 Å². The fourth-order valence-electron chi connectivity index (χ4n) is 2.63. The zero-order valence-corrected chi connectivity index (χ0v) is 10.7. The summed E-state index contributed by atoms with van der Waals surface area (Å²) in [7, 11) is 0. The van der Waals surface area contributed by atoms with Crippen molar-refractivity contribution in [3.63, 3.8) is 0 Å². The van der Waals surface area contributed by atoms with Crippen LogP contribution in [0.15, 0.2) is 0 Å². The van der Waals surface area contributed by atoms with Crippen molar-refractivity contribution in [2.45, 2.75) is 64.8 Å². The molecular formula is C13H28N2. The first kappa shape index (κ1) is 13.0. The largest absolute Gasteiger partial charge is 0.330 e. The lowest BCUT2D eigenvalue weighted by Gasteiger charge is -2.44. The first-order valence-electron chi connectivity index (χ1n) is 6.61. The van der Waals surface area contributed by atoms with Gasteiger partial charge in [-0.15, -0.1) is 0 Å². The van der Waals surface area contributed by atoms with Crippen LogP contribution < -0.4 is 11.1 Å². The Hall–Kier alpha value is -0.0800. The molecule has 0 aromatic rings. The molecule has 0 heterocycles. The molecule has 2 nitrogen and oxygen atoms in total. The lowest BCUT2D eigenvalue weighted by molar-refractivity contribution is 0.117. The van der Waals surface area contributed by atoms with Crippen molar-refractivity contribution in [2.75, 3.05) is 13.1 Å². The third kappa shape index (κ3) is 2.73. The van der Waals surface area contributed by atoms with Gasteiger partial charge in [0.2, 0.25) is 0 Å². The number of nitrogens with two attached hydrogens (primary N) is 1. The van der Waals surface area contributed by atoms with E-state index in [2.05, 4.69) is 26.1 Å². The quantitative estimate of drug-likeness (QED) is 0.681. The van der Waals surface area contributed by atoms with E-state index in [0.717, 1.165) is 13.1 Å². The molecule has 0 atom stereocenters. The van der Waals surface area contributed by atoms with Gasteiger partial charge in [0, 0.05) is 12.1 Å². The van der Waals surface area contributed by atoms with Crippen LogP contribution in [0, 0.1) is 5.41 Å². The van der Waals surface area contributed by atoms with Gasteiger partial charge in [-0.3, -0.25) is 0 Å². The highest BCUT2D eigenvalue weighted by Gasteiger charge is 2.37. The number of hydrogen-bond donors (Lipinski definition) is 2. The Bertz CT molecular complexity index is 167. The van der Waals surface area contributed by atoms with Crippen molar-refractivity contribution < 1.29 is 0 Å². The van der Waals surface area contributed by atoms with E-state index in [4.69, 9.17) is 5.73 Å². The normalized spacial score (nSPS) is 20.0. The van der Waals surface area contributed by atoms with Gasteiger partial charge in [0.15, 0.2) is 0 Å². The third-order valence-corrected chi connectivity index (χ3v) is 4.72. The Morgan fingerprint density at radius 1 is 1.13 bits per heavy atom. The van der Waals surface area contributed by atoms with Gasteiger partial charge in [0.05, 0.1) is 0 Å². The van der Waals surface area contributed by atoms with Crippen LogP contribution in [-0.2, 0) is 0 Å². The summed E-state index contributed by atoms with van der Waals surface area (Å²) >= 11 is 0. The highest BCUT2D eigenvalue weighted by Crippen LogP contribution is 2.39. The predicted octanol–water partition coefficient (Wildman–Crippen LogP) is 2.67. The molecule has 1 aliphatic carbocycles. The fourth-order valence-corrected chi connectivity index (χ4v) is 2.63. The molecule has 0 aromatic heterocycles. The van der Waals surface area contributed by atoms with Gasteiger partial charge >= 0.3 is 0 Å². The molecule has 0 bridgehead atoms. The highest BCUT2D eigenvalue weighted by atomic mass is 15.0. The van der Waals surface area contributed by atoms with Crippen molar-refractivity contribution in [1.82, 2.24) is 5.32 Å². The Morgan fingerprint density at radius 3 is 1.93 bits per heavy atom. The second-order valence-electron chi connectivity index (χ2n) is 5.25. The zero-order chi connectivity index (χ0) is 11.4. The van der Waals surface area contributed by atoms with Crippen molar-refractivity contribution >= 4 is 0 Å². The van der Waals surface area contributed by atoms with Gasteiger partial charge in [-0.05, 0) is 44.1 Å². The van der Waals surface area contributed by atoms with Crippen molar-refractivity contribution in [3.8, 4) is 0 Å². The molecule has 1 fully saturated rings. The molecule has 0 saturated heterocycles. The lowest BCUT2D eigenvalue weighted by atomic mass is 9.68. The van der Waals surface area contributed by atoms with E-state index in [1.165, 1.54) is 38.5 Å². The van der Waals surface area contributed by atoms with E-state index < -0.39 is 0 Å². The van der Waals surface area contributed by atoms with E-state index >= 15 is 0 Å². The van der Waals surface area contributed by atoms with E-state index in [9.17, 15) is 0 Å². The average Bonchev–Trinajstić information content (AvgIpc) is 2.24. The van der Waals surface area contributed by atoms with Crippen molar-refractivity contribution in [2.24, 2.45) is 11.1 Å². The Balaban J connectivity index is 2.45. The molecule has 2 heteroatoms. The van der Waals surface area contributed by atoms with Gasteiger partial charge in [-0.2, -0.15) is 0 Å². The minimum absolute atomic E-state index is 0.359. The molecule has 90 valence electrons. The molecule has 0 spiro atoms.